The van der Waals surface area contributed by atoms with E-state index in [4.69, 9.17) is 4.74 Å². The normalized spacial score (nSPS) is 26.7. The number of carbonyl (C=O) groups is 1. The van der Waals surface area contributed by atoms with Crippen LogP contribution in [0.4, 0.5) is 5.69 Å². The number of hydrogen-bond donors (Lipinski definition) is 2. The maximum atomic E-state index is 13.1. The van der Waals surface area contributed by atoms with E-state index in [0.29, 0.717) is 18.5 Å². The highest BCUT2D eigenvalue weighted by Gasteiger charge is 2.39. The van der Waals surface area contributed by atoms with Crippen molar-refractivity contribution in [3.8, 4) is 0 Å². The molecule has 22 heavy (non-hydrogen) atoms. The number of aliphatic hydroxyl groups excluding tert-OH is 1. The number of aliphatic hydroxyl groups is 1. The maximum absolute atomic E-state index is 13.1. The Balaban J connectivity index is 1.76. The Morgan fingerprint density at radius 2 is 2.14 bits per heavy atom. The van der Waals surface area contributed by atoms with Gasteiger partial charge in [-0.2, -0.15) is 0 Å². The molecule has 1 amide bonds. The van der Waals surface area contributed by atoms with Gasteiger partial charge in [-0.1, -0.05) is 18.2 Å². The third-order valence-electron chi connectivity index (χ3n) is 4.70. The summed E-state index contributed by atoms with van der Waals surface area (Å²) in [4.78, 5) is 15.0. The smallest absolute Gasteiger partial charge is 0.256 e. The van der Waals surface area contributed by atoms with Crippen molar-refractivity contribution < 1.29 is 14.6 Å². The lowest BCUT2D eigenvalue weighted by Crippen LogP contribution is -2.41. The van der Waals surface area contributed by atoms with Crippen molar-refractivity contribution in [2.24, 2.45) is 0 Å². The van der Waals surface area contributed by atoms with Gasteiger partial charge >= 0.3 is 0 Å². The van der Waals surface area contributed by atoms with Gasteiger partial charge in [0.05, 0.1) is 6.04 Å². The summed E-state index contributed by atoms with van der Waals surface area (Å²) in [5.74, 6) is 0.185. The Hall–Kier alpha value is -2.27. The number of benzene rings is 1. The SMILES string of the molecule is COC1CC2=C(C=C1O)NC[C@@H]1Cc3ccccc3N1C2=O. The van der Waals surface area contributed by atoms with E-state index < -0.39 is 6.10 Å². The van der Waals surface area contributed by atoms with E-state index in [1.807, 2.05) is 23.1 Å². The predicted octanol–water partition coefficient (Wildman–Crippen LogP) is 1.66. The van der Waals surface area contributed by atoms with E-state index >= 15 is 0 Å². The Morgan fingerprint density at radius 1 is 1.32 bits per heavy atom. The van der Waals surface area contributed by atoms with Gasteiger partial charge in [0.1, 0.15) is 11.9 Å². The van der Waals surface area contributed by atoms with Gasteiger partial charge in [-0.05, 0) is 18.1 Å². The van der Waals surface area contributed by atoms with Gasteiger partial charge in [-0.25, -0.2) is 0 Å². The summed E-state index contributed by atoms with van der Waals surface area (Å²) >= 11 is 0. The van der Waals surface area contributed by atoms with Crippen LogP contribution in [0.15, 0.2) is 47.4 Å². The van der Waals surface area contributed by atoms with Crippen molar-refractivity contribution in [2.75, 3.05) is 18.6 Å². The number of para-hydroxylation sites is 1. The molecule has 1 aliphatic carbocycles. The number of anilines is 1. The van der Waals surface area contributed by atoms with E-state index in [2.05, 4.69) is 11.4 Å². The van der Waals surface area contributed by atoms with Gasteiger partial charge in [0.15, 0.2) is 0 Å². The van der Waals surface area contributed by atoms with Crippen LogP contribution in [0.3, 0.4) is 0 Å². The number of amides is 1. The molecule has 4 rings (SSSR count). The molecular weight excluding hydrogens is 280 g/mol. The fourth-order valence-electron chi connectivity index (χ4n) is 3.56. The first-order valence-corrected chi connectivity index (χ1v) is 7.51. The molecule has 0 saturated heterocycles. The van der Waals surface area contributed by atoms with Gasteiger partial charge in [-0.3, -0.25) is 4.79 Å². The van der Waals surface area contributed by atoms with Crippen LogP contribution < -0.4 is 10.2 Å². The summed E-state index contributed by atoms with van der Waals surface area (Å²) < 4.78 is 5.27. The Labute approximate surface area is 128 Å². The molecule has 0 radical (unpaired) electrons. The first-order valence-electron chi connectivity index (χ1n) is 7.51. The molecule has 2 heterocycles. The van der Waals surface area contributed by atoms with Gasteiger partial charge in [0.2, 0.25) is 0 Å². The minimum Gasteiger partial charge on any atom is -0.509 e. The second-order valence-electron chi connectivity index (χ2n) is 5.93. The number of carbonyl (C=O) groups excluding carboxylic acids is 1. The quantitative estimate of drug-likeness (QED) is 0.828. The predicted molar refractivity (Wildman–Crippen MR) is 82.6 cm³/mol. The van der Waals surface area contributed by atoms with Gasteiger partial charge in [0, 0.05) is 43.1 Å². The molecule has 2 aliphatic heterocycles. The number of nitrogens with one attached hydrogen (secondary N) is 1. The van der Waals surface area contributed by atoms with Crippen LogP contribution >= 0.6 is 0 Å². The highest BCUT2D eigenvalue weighted by Crippen LogP contribution is 2.37. The number of allylic oxidation sites excluding steroid dienone is 1. The molecule has 0 fully saturated rings. The van der Waals surface area contributed by atoms with Crippen molar-refractivity contribution in [3.63, 3.8) is 0 Å². The molecule has 1 aromatic rings. The number of nitrogens with zero attached hydrogens (tertiary/aromatic N) is 1. The average molecular weight is 298 g/mol. The lowest BCUT2D eigenvalue weighted by molar-refractivity contribution is -0.115. The molecule has 1 unspecified atom stereocenters. The third-order valence-corrected chi connectivity index (χ3v) is 4.70. The highest BCUT2D eigenvalue weighted by molar-refractivity contribution is 6.08. The molecule has 114 valence electrons. The lowest BCUT2D eigenvalue weighted by atomic mass is 9.97. The summed E-state index contributed by atoms with van der Waals surface area (Å²) in [5.41, 5.74) is 3.62. The van der Waals surface area contributed by atoms with Crippen molar-refractivity contribution in [1.29, 1.82) is 0 Å². The molecule has 3 aliphatic rings. The number of rotatable bonds is 1. The van der Waals surface area contributed by atoms with E-state index in [1.54, 1.807) is 13.2 Å². The molecule has 0 bridgehead atoms. The Morgan fingerprint density at radius 3 is 2.95 bits per heavy atom. The molecule has 2 atom stereocenters. The monoisotopic (exact) mass is 298 g/mol. The lowest BCUT2D eigenvalue weighted by Gasteiger charge is -2.26. The zero-order valence-electron chi connectivity index (χ0n) is 12.4. The van der Waals surface area contributed by atoms with E-state index in [1.165, 1.54) is 5.56 Å². The standard InChI is InChI=1S/C17H18N2O3/c1-22-16-7-12-13(8-15(16)20)18-9-11-6-10-4-2-3-5-14(10)19(11)17(12)21/h2-5,8,11,16,18,20H,6-7,9H2,1H3/t11-,16?/m0/s1. The summed E-state index contributed by atoms with van der Waals surface area (Å²) in [6.07, 6.45) is 2.43. The van der Waals surface area contributed by atoms with Crippen LogP contribution in [0, 0.1) is 0 Å². The molecule has 5 nitrogen and oxygen atoms in total. The molecule has 5 heteroatoms. The molecule has 2 N–H and O–H groups in total. The summed E-state index contributed by atoms with van der Waals surface area (Å²) in [7, 11) is 1.54. The van der Waals surface area contributed by atoms with Crippen molar-refractivity contribution >= 4 is 11.6 Å². The van der Waals surface area contributed by atoms with Crippen molar-refractivity contribution in [3.05, 3.63) is 52.9 Å². The topological polar surface area (TPSA) is 61.8 Å². The number of methoxy groups -OCH3 is 1. The van der Waals surface area contributed by atoms with E-state index in [0.717, 1.165) is 17.8 Å². The summed E-state index contributed by atoms with van der Waals surface area (Å²) in [6, 6.07) is 8.18. The number of fused-ring (bicyclic) bond motifs is 3. The first kappa shape index (κ1) is 13.4. The zero-order valence-corrected chi connectivity index (χ0v) is 12.4. The van der Waals surface area contributed by atoms with E-state index in [9.17, 15) is 9.90 Å². The van der Waals surface area contributed by atoms with Crippen molar-refractivity contribution in [2.45, 2.75) is 25.0 Å². The summed E-state index contributed by atoms with van der Waals surface area (Å²) in [6.45, 7) is 0.681. The number of hydrogen-bond acceptors (Lipinski definition) is 4. The molecular formula is C17H18N2O3. The largest absolute Gasteiger partial charge is 0.509 e. The Kier molecular flexibility index (Phi) is 2.97. The van der Waals surface area contributed by atoms with Crippen LogP contribution in [-0.4, -0.2) is 36.8 Å². The first-order chi connectivity index (χ1) is 10.7. The van der Waals surface area contributed by atoms with Crippen LogP contribution in [0.5, 0.6) is 0 Å². The number of ether oxygens (including phenoxy) is 1. The van der Waals surface area contributed by atoms with Crippen molar-refractivity contribution in [1.82, 2.24) is 5.32 Å². The molecule has 1 aromatic carbocycles. The minimum atomic E-state index is -0.445. The second-order valence-corrected chi connectivity index (χ2v) is 5.93. The van der Waals surface area contributed by atoms with Gasteiger partial charge < -0.3 is 20.1 Å². The highest BCUT2D eigenvalue weighted by atomic mass is 16.5. The zero-order chi connectivity index (χ0) is 15.3. The van der Waals surface area contributed by atoms with Crippen LogP contribution in [0.1, 0.15) is 12.0 Å². The van der Waals surface area contributed by atoms with Crippen LogP contribution in [0.25, 0.3) is 0 Å². The molecule has 0 aromatic heterocycles. The van der Waals surface area contributed by atoms with Crippen LogP contribution in [0.2, 0.25) is 0 Å². The minimum absolute atomic E-state index is 0.0146. The summed E-state index contributed by atoms with van der Waals surface area (Å²) in [5, 5.41) is 13.3. The van der Waals surface area contributed by atoms with Crippen LogP contribution in [-0.2, 0) is 16.0 Å². The van der Waals surface area contributed by atoms with E-state index in [-0.39, 0.29) is 17.7 Å². The Bertz CT molecular complexity index is 708. The van der Waals surface area contributed by atoms with Gasteiger partial charge in [0.25, 0.3) is 5.91 Å². The molecule has 0 spiro atoms. The third kappa shape index (κ3) is 1.85. The fraction of sp³-hybridized carbons (Fsp3) is 0.353. The second kappa shape index (κ2) is 4.88. The average Bonchev–Trinajstić information content (AvgIpc) is 2.84. The molecule has 0 saturated carbocycles. The van der Waals surface area contributed by atoms with Gasteiger partial charge in [-0.15, -0.1) is 0 Å². The maximum Gasteiger partial charge on any atom is 0.256 e. The fourth-order valence-corrected chi connectivity index (χ4v) is 3.56.